The number of anilines is 1. The van der Waals surface area contributed by atoms with Gasteiger partial charge in [0, 0.05) is 17.9 Å². The molecule has 2 aliphatic rings. The van der Waals surface area contributed by atoms with Crippen molar-refractivity contribution in [3.8, 4) is 6.19 Å². The zero-order valence-corrected chi connectivity index (χ0v) is 13.7. The predicted molar refractivity (Wildman–Crippen MR) is 86.4 cm³/mol. The van der Waals surface area contributed by atoms with Crippen LogP contribution >= 0.6 is 11.3 Å². The molecule has 0 aliphatic heterocycles. The fourth-order valence-corrected chi connectivity index (χ4v) is 4.55. The maximum Gasteiger partial charge on any atom is 0.228 e. The number of nitrogens with zero attached hydrogens (tertiary/aromatic N) is 2. The van der Waals surface area contributed by atoms with Gasteiger partial charge in [0.25, 0.3) is 0 Å². The molecule has 0 spiro atoms. The first kappa shape index (κ1) is 15.3. The lowest BCUT2D eigenvalue weighted by atomic mass is 9.80. The van der Waals surface area contributed by atoms with Crippen LogP contribution in [0.5, 0.6) is 0 Å². The second kappa shape index (κ2) is 6.66. The number of aromatic nitrogens is 1. The van der Waals surface area contributed by atoms with Gasteiger partial charge in [-0.25, -0.2) is 4.98 Å². The first-order valence-electron chi connectivity index (χ1n) is 8.08. The van der Waals surface area contributed by atoms with Gasteiger partial charge in [-0.15, -0.1) is 11.3 Å². The van der Waals surface area contributed by atoms with Gasteiger partial charge >= 0.3 is 0 Å². The summed E-state index contributed by atoms with van der Waals surface area (Å²) in [4.78, 5) is 16.7. The smallest absolute Gasteiger partial charge is 0.228 e. The molecule has 2 atom stereocenters. The molecule has 0 bridgehead atoms. The molecular formula is C16H22N4OS. The third kappa shape index (κ3) is 3.25. The van der Waals surface area contributed by atoms with Gasteiger partial charge in [-0.2, -0.15) is 5.26 Å². The van der Waals surface area contributed by atoms with E-state index in [1.54, 1.807) is 17.5 Å². The molecule has 118 valence electrons. The Labute approximate surface area is 135 Å². The standard InChI is InChI=1S/C16H22N4OS/c1-10-4-2-3-5-13(10)16-18-8-14(22-16)20-15(21)11-6-12(7-11)19-9-17/h8,10-13,19H,2-7H2,1H3,(H,20,21)/t10-,11?,12?,13+/m1/s1. The van der Waals surface area contributed by atoms with Gasteiger partial charge in [0.2, 0.25) is 5.91 Å². The highest BCUT2D eigenvalue weighted by atomic mass is 32.1. The molecule has 1 aromatic heterocycles. The molecule has 6 heteroatoms. The van der Waals surface area contributed by atoms with Gasteiger partial charge in [-0.1, -0.05) is 26.2 Å². The Morgan fingerprint density at radius 2 is 2.18 bits per heavy atom. The molecule has 1 aromatic rings. The monoisotopic (exact) mass is 318 g/mol. The lowest BCUT2D eigenvalue weighted by Crippen LogP contribution is -2.44. The van der Waals surface area contributed by atoms with E-state index in [9.17, 15) is 4.79 Å². The molecule has 2 saturated carbocycles. The Morgan fingerprint density at radius 3 is 2.91 bits per heavy atom. The van der Waals surface area contributed by atoms with Crippen LogP contribution in [0.4, 0.5) is 5.00 Å². The quantitative estimate of drug-likeness (QED) is 0.660. The molecule has 1 heterocycles. The van der Waals surface area contributed by atoms with Crippen LogP contribution in [0.3, 0.4) is 0 Å². The first-order valence-corrected chi connectivity index (χ1v) is 8.90. The van der Waals surface area contributed by atoms with Crippen LogP contribution in [-0.4, -0.2) is 16.9 Å². The summed E-state index contributed by atoms with van der Waals surface area (Å²) in [5, 5.41) is 16.2. The van der Waals surface area contributed by atoms with Crippen molar-refractivity contribution in [1.82, 2.24) is 10.3 Å². The highest BCUT2D eigenvalue weighted by Crippen LogP contribution is 2.40. The summed E-state index contributed by atoms with van der Waals surface area (Å²) >= 11 is 1.62. The molecule has 0 unspecified atom stereocenters. The lowest BCUT2D eigenvalue weighted by Gasteiger charge is -2.32. The van der Waals surface area contributed by atoms with Crippen molar-refractivity contribution in [2.75, 3.05) is 5.32 Å². The number of hydrogen-bond donors (Lipinski definition) is 2. The summed E-state index contributed by atoms with van der Waals surface area (Å²) in [5.41, 5.74) is 0. The molecule has 22 heavy (non-hydrogen) atoms. The van der Waals surface area contributed by atoms with E-state index in [1.807, 2.05) is 6.19 Å². The van der Waals surface area contributed by atoms with Crippen molar-refractivity contribution < 1.29 is 4.79 Å². The molecule has 0 aromatic carbocycles. The first-order chi connectivity index (χ1) is 10.7. The third-order valence-corrected chi connectivity index (χ3v) is 6.02. The molecule has 2 fully saturated rings. The number of carbonyl (C=O) groups excluding carboxylic acids is 1. The van der Waals surface area contributed by atoms with E-state index >= 15 is 0 Å². The number of hydrogen-bond acceptors (Lipinski definition) is 5. The SMILES string of the molecule is C[C@@H]1CCCC[C@@H]1c1ncc(NC(=O)C2CC(NC#N)C2)s1. The molecule has 5 nitrogen and oxygen atoms in total. The minimum atomic E-state index is 0.0185. The number of nitriles is 1. The lowest BCUT2D eigenvalue weighted by molar-refractivity contribution is -0.122. The van der Waals surface area contributed by atoms with E-state index in [2.05, 4.69) is 22.5 Å². The number of thiazole rings is 1. The van der Waals surface area contributed by atoms with Crippen LogP contribution in [0.1, 0.15) is 56.4 Å². The third-order valence-electron chi connectivity index (χ3n) is 4.98. The average Bonchev–Trinajstić information content (AvgIpc) is 2.91. The average molecular weight is 318 g/mol. The summed E-state index contributed by atoms with van der Waals surface area (Å²) in [7, 11) is 0. The molecule has 1 amide bonds. The second-order valence-electron chi connectivity index (χ2n) is 6.54. The van der Waals surface area contributed by atoms with Crippen molar-refractivity contribution in [1.29, 1.82) is 5.26 Å². The fourth-order valence-electron chi connectivity index (χ4n) is 3.46. The van der Waals surface area contributed by atoms with Gasteiger partial charge in [0.15, 0.2) is 6.19 Å². The topological polar surface area (TPSA) is 77.8 Å². The van der Waals surface area contributed by atoms with Crippen LogP contribution in [0, 0.1) is 23.3 Å². The van der Waals surface area contributed by atoms with E-state index in [1.165, 1.54) is 30.7 Å². The number of amides is 1. The summed E-state index contributed by atoms with van der Waals surface area (Å²) in [6.45, 7) is 2.31. The van der Waals surface area contributed by atoms with Crippen LogP contribution in [0.2, 0.25) is 0 Å². The maximum absolute atomic E-state index is 12.2. The van der Waals surface area contributed by atoms with Crippen molar-refractivity contribution in [3.05, 3.63) is 11.2 Å². The maximum atomic E-state index is 12.2. The summed E-state index contributed by atoms with van der Waals surface area (Å²) in [5.74, 6) is 1.32. The van der Waals surface area contributed by atoms with Crippen molar-refractivity contribution in [2.24, 2.45) is 11.8 Å². The molecule has 2 N–H and O–H groups in total. The number of rotatable bonds is 4. The van der Waals surface area contributed by atoms with Crippen LogP contribution in [0.15, 0.2) is 6.20 Å². The van der Waals surface area contributed by atoms with Crippen LogP contribution in [0.25, 0.3) is 0 Å². The summed E-state index contributed by atoms with van der Waals surface area (Å²) < 4.78 is 0. The van der Waals surface area contributed by atoms with Crippen molar-refractivity contribution in [3.63, 3.8) is 0 Å². The van der Waals surface area contributed by atoms with Crippen molar-refractivity contribution >= 4 is 22.2 Å². The van der Waals surface area contributed by atoms with E-state index in [0.29, 0.717) is 11.8 Å². The highest BCUT2D eigenvalue weighted by Gasteiger charge is 2.34. The molecular weight excluding hydrogens is 296 g/mol. The largest absolute Gasteiger partial charge is 0.321 e. The van der Waals surface area contributed by atoms with Gasteiger partial charge in [0.1, 0.15) is 5.00 Å². The van der Waals surface area contributed by atoms with E-state index in [4.69, 9.17) is 5.26 Å². The molecule has 2 aliphatic carbocycles. The highest BCUT2D eigenvalue weighted by molar-refractivity contribution is 7.15. The number of nitrogens with one attached hydrogen (secondary N) is 2. The van der Waals surface area contributed by atoms with Crippen LogP contribution in [-0.2, 0) is 4.79 Å². The van der Waals surface area contributed by atoms with E-state index in [0.717, 1.165) is 17.8 Å². The summed E-state index contributed by atoms with van der Waals surface area (Å²) in [6.07, 6.45) is 10.3. The molecule has 0 radical (unpaired) electrons. The Kier molecular flexibility index (Phi) is 4.63. The predicted octanol–water partition coefficient (Wildman–Crippen LogP) is 3.22. The number of carbonyl (C=O) groups is 1. The van der Waals surface area contributed by atoms with Gasteiger partial charge in [-0.3, -0.25) is 4.79 Å². The normalized spacial score (nSPS) is 30.9. The molecule has 0 saturated heterocycles. The zero-order valence-electron chi connectivity index (χ0n) is 12.8. The van der Waals surface area contributed by atoms with Crippen molar-refractivity contribution in [2.45, 2.75) is 57.4 Å². The summed E-state index contributed by atoms with van der Waals surface area (Å²) in [6, 6.07) is 0.167. The Hall–Kier alpha value is -1.61. The zero-order chi connectivity index (χ0) is 15.5. The van der Waals surface area contributed by atoms with Gasteiger partial charge in [-0.05, 0) is 25.2 Å². The van der Waals surface area contributed by atoms with Gasteiger partial charge in [0.05, 0.1) is 11.2 Å². The fraction of sp³-hybridized carbons (Fsp3) is 0.688. The Bertz CT molecular complexity index is 573. The van der Waals surface area contributed by atoms with Crippen LogP contribution < -0.4 is 10.6 Å². The molecule has 3 rings (SSSR count). The Balaban J connectivity index is 1.54. The second-order valence-corrected chi connectivity index (χ2v) is 7.60. The minimum absolute atomic E-state index is 0.0185. The minimum Gasteiger partial charge on any atom is -0.321 e. The van der Waals surface area contributed by atoms with E-state index < -0.39 is 0 Å². The Morgan fingerprint density at radius 1 is 1.41 bits per heavy atom. The van der Waals surface area contributed by atoms with Gasteiger partial charge < -0.3 is 10.6 Å². The van der Waals surface area contributed by atoms with E-state index in [-0.39, 0.29) is 17.9 Å².